The van der Waals surface area contributed by atoms with Gasteiger partial charge in [-0.15, -0.1) is 0 Å². The molecule has 0 aliphatic rings. The van der Waals surface area contributed by atoms with Gasteiger partial charge in [0.05, 0.1) is 18.9 Å². The quantitative estimate of drug-likeness (QED) is 0.417. The number of hydrogen-bond acceptors (Lipinski definition) is 3. The van der Waals surface area contributed by atoms with Crippen LogP contribution in [0.4, 0.5) is 0 Å². The molecule has 0 saturated heterocycles. The molecular formula is C6H15NO2. The van der Waals surface area contributed by atoms with Gasteiger partial charge in [-0.3, -0.25) is 5.32 Å². The molecule has 0 unspecified atom stereocenters. The molecular weight excluding hydrogens is 118 g/mol. The molecule has 0 aliphatic heterocycles. The van der Waals surface area contributed by atoms with Gasteiger partial charge in [-0.2, -0.15) is 0 Å². The Bertz CT molecular complexity index is 67.9. The molecule has 56 valence electrons. The highest BCUT2D eigenvalue weighted by molar-refractivity contribution is 4.61. The largest absolute Gasteiger partial charge is 0.388 e. The van der Waals surface area contributed by atoms with Crippen molar-refractivity contribution in [2.24, 2.45) is 0 Å². The van der Waals surface area contributed by atoms with Gasteiger partial charge >= 0.3 is 0 Å². The molecule has 0 aliphatic carbocycles. The molecule has 0 radical (unpaired) electrons. The lowest BCUT2D eigenvalue weighted by Gasteiger charge is -2.16. The second kappa shape index (κ2) is 3.82. The SMILES string of the molecule is CNCOCC(C)(C)O. The van der Waals surface area contributed by atoms with E-state index in [2.05, 4.69) is 5.32 Å². The molecule has 0 atom stereocenters. The third kappa shape index (κ3) is 7.88. The maximum Gasteiger partial charge on any atom is 0.0964 e. The minimum absolute atomic E-state index is 0.369. The zero-order valence-corrected chi connectivity index (χ0v) is 6.27. The second-order valence-corrected chi connectivity index (χ2v) is 2.66. The van der Waals surface area contributed by atoms with Gasteiger partial charge in [-0.1, -0.05) is 0 Å². The fourth-order valence-corrected chi connectivity index (χ4v) is 0.403. The van der Waals surface area contributed by atoms with Crippen LogP contribution in [0, 0.1) is 0 Å². The van der Waals surface area contributed by atoms with Gasteiger partial charge in [-0.05, 0) is 20.9 Å². The topological polar surface area (TPSA) is 41.5 Å². The van der Waals surface area contributed by atoms with E-state index in [1.165, 1.54) is 0 Å². The van der Waals surface area contributed by atoms with Crippen molar-refractivity contribution in [2.75, 3.05) is 20.4 Å². The lowest BCUT2D eigenvalue weighted by atomic mass is 10.2. The van der Waals surface area contributed by atoms with Crippen molar-refractivity contribution in [1.29, 1.82) is 0 Å². The van der Waals surface area contributed by atoms with Crippen LogP contribution in [0.1, 0.15) is 13.8 Å². The Morgan fingerprint density at radius 3 is 2.44 bits per heavy atom. The molecule has 0 saturated carbocycles. The van der Waals surface area contributed by atoms with Crippen molar-refractivity contribution in [1.82, 2.24) is 5.32 Å². The molecule has 3 heteroatoms. The summed E-state index contributed by atoms with van der Waals surface area (Å²) in [5.74, 6) is 0. The summed E-state index contributed by atoms with van der Waals surface area (Å²) in [6.45, 7) is 4.28. The molecule has 0 heterocycles. The summed E-state index contributed by atoms with van der Waals surface area (Å²) in [5.41, 5.74) is -0.711. The zero-order chi connectivity index (χ0) is 7.33. The summed E-state index contributed by atoms with van der Waals surface area (Å²) in [6, 6.07) is 0. The Morgan fingerprint density at radius 2 is 2.11 bits per heavy atom. The Labute approximate surface area is 56.0 Å². The molecule has 0 bridgehead atoms. The first-order valence-corrected chi connectivity index (χ1v) is 3.01. The van der Waals surface area contributed by atoms with Gasteiger partial charge in [0.1, 0.15) is 0 Å². The Morgan fingerprint density at radius 1 is 1.56 bits per heavy atom. The Balaban J connectivity index is 3.07. The van der Waals surface area contributed by atoms with Crippen LogP contribution in [0.15, 0.2) is 0 Å². The molecule has 3 nitrogen and oxygen atoms in total. The van der Waals surface area contributed by atoms with E-state index in [4.69, 9.17) is 9.84 Å². The first-order chi connectivity index (χ1) is 4.06. The Hall–Kier alpha value is -0.120. The summed E-state index contributed by atoms with van der Waals surface area (Å²) in [5, 5.41) is 11.9. The van der Waals surface area contributed by atoms with Gasteiger partial charge in [-0.25, -0.2) is 0 Å². The first kappa shape index (κ1) is 8.88. The van der Waals surface area contributed by atoms with E-state index in [-0.39, 0.29) is 0 Å². The third-order valence-corrected chi connectivity index (χ3v) is 0.702. The van der Waals surface area contributed by atoms with Gasteiger partial charge in [0.15, 0.2) is 0 Å². The summed E-state index contributed by atoms with van der Waals surface area (Å²) in [6.07, 6.45) is 0. The second-order valence-electron chi connectivity index (χ2n) is 2.66. The number of nitrogens with one attached hydrogen (secondary N) is 1. The van der Waals surface area contributed by atoms with Crippen LogP contribution in [0.3, 0.4) is 0 Å². The van der Waals surface area contributed by atoms with Crippen molar-refractivity contribution in [3.63, 3.8) is 0 Å². The summed E-state index contributed by atoms with van der Waals surface area (Å²) in [4.78, 5) is 0. The minimum atomic E-state index is -0.711. The predicted octanol–water partition coefficient (Wildman–Crippen LogP) is -0.0492. The molecule has 2 N–H and O–H groups in total. The summed E-state index contributed by atoms with van der Waals surface area (Å²) in [7, 11) is 1.80. The van der Waals surface area contributed by atoms with Gasteiger partial charge in [0, 0.05) is 0 Å². The lowest BCUT2D eigenvalue weighted by Crippen LogP contribution is -2.28. The zero-order valence-electron chi connectivity index (χ0n) is 6.27. The van der Waals surface area contributed by atoms with Crippen molar-refractivity contribution in [3.05, 3.63) is 0 Å². The van der Waals surface area contributed by atoms with E-state index in [9.17, 15) is 0 Å². The summed E-state index contributed by atoms with van der Waals surface area (Å²) < 4.78 is 4.99. The third-order valence-electron chi connectivity index (χ3n) is 0.702. The molecule has 0 aromatic heterocycles. The number of ether oxygens (including phenoxy) is 1. The van der Waals surface area contributed by atoms with Crippen LogP contribution in [-0.4, -0.2) is 31.1 Å². The van der Waals surface area contributed by atoms with Crippen LogP contribution < -0.4 is 5.32 Å². The smallest absolute Gasteiger partial charge is 0.0964 e. The van der Waals surface area contributed by atoms with Crippen molar-refractivity contribution >= 4 is 0 Å². The maximum atomic E-state index is 9.09. The highest BCUT2D eigenvalue weighted by atomic mass is 16.5. The van der Waals surface area contributed by atoms with Crippen LogP contribution in [-0.2, 0) is 4.74 Å². The minimum Gasteiger partial charge on any atom is -0.388 e. The number of rotatable bonds is 4. The van der Waals surface area contributed by atoms with Crippen LogP contribution in [0.2, 0.25) is 0 Å². The fourth-order valence-electron chi connectivity index (χ4n) is 0.403. The average Bonchev–Trinajstić information content (AvgIpc) is 1.63. The molecule has 9 heavy (non-hydrogen) atoms. The van der Waals surface area contributed by atoms with E-state index in [1.807, 2.05) is 0 Å². The highest BCUT2D eigenvalue weighted by Gasteiger charge is 2.11. The van der Waals surface area contributed by atoms with Gasteiger partial charge in [0.25, 0.3) is 0 Å². The Kier molecular flexibility index (Phi) is 3.77. The maximum absolute atomic E-state index is 9.09. The standard InChI is InChI=1S/C6H15NO2/c1-6(2,8)4-9-5-7-3/h7-8H,4-5H2,1-3H3. The molecule has 0 rings (SSSR count). The molecule has 0 aromatic carbocycles. The monoisotopic (exact) mass is 133 g/mol. The van der Waals surface area contributed by atoms with E-state index in [0.717, 1.165) is 0 Å². The van der Waals surface area contributed by atoms with Crippen molar-refractivity contribution < 1.29 is 9.84 Å². The number of hydrogen-bond donors (Lipinski definition) is 2. The molecule has 0 aromatic rings. The van der Waals surface area contributed by atoms with E-state index in [1.54, 1.807) is 20.9 Å². The normalized spacial score (nSPS) is 12.0. The molecule has 0 amide bonds. The highest BCUT2D eigenvalue weighted by Crippen LogP contribution is 1.99. The lowest BCUT2D eigenvalue weighted by molar-refractivity contribution is -0.0244. The van der Waals surface area contributed by atoms with E-state index in [0.29, 0.717) is 13.3 Å². The molecule has 0 fully saturated rings. The average molecular weight is 133 g/mol. The van der Waals surface area contributed by atoms with E-state index < -0.39 is 5.60 Å². The van der Waals surface area contributed by atoms with Crippen LogP contribution in [0.5, 0.6) is 0 Å². The first-order valence-electron chi connectivity index (χ1n) is 3.01. The van der Waals surface area contributed by atoms with Crippen LogP contribution >= 0.6 is 0 Å². The van der Waals surface area contributed by atoms with E-state index >= 15 is 0 Å². The molecule has 0 spiro atoms. The summed E-state index contributed by atoms with van der Waals surface area (Å²) >= 11 is 0. The predicted molar refractivity (Wildman–Crippen MR) is 36.2 cm³/mol. The van der Waals surface area contributed by atoms with Crippen molar-refractivity contribution in [3.8, 4) is 0 Å². The van der Waals surface area contributed by atoms with Crippen LogP contribution in [0.25, 0.3) is 0 Å². The van der Waals surface area contributed by atoms with Gasteiger partial charge < -0.3 is 9.84 Å². The fraction of sp³-hybridized carbons (Fsp3) is 1.00. The van der Waals surface area contributed by atoms with Gasteiger partial charge in [0.2, 0.25) is 0 Å². The number of aliphatic hydroxyl groups is 1. The van der Waals surface area contributed by atoms with Crippen molar-refractivity contribution in [2.45, 2.75) is 19.4 Å².